The highest BCUT2D eigenvalue weighted by Crippen LogP contribution is 2.17. The van der Waals surface area contributed by atoms with Gasteiger partial charge in [-0.25, -0.2) is 0 Å². The van der Waals surface area contributed by atoms with Crippen molar-refractivity contribution in [1.29, 1.82) is 0 Å². The number of unbranched alkanes of at least 4 members (excludes halogenated alkanes) is 11. The summed E-state index contributed by atoms with van der Waals surface area (Å²) in [4.78, 5) is 34.9. The van der Waals surface area contributed by atoms with Crippen molar-refractivity contribution in [1.82, 2.24) is 20.6 Å². The van der Waals surface area contributed by atoms with Gasteiger partial charge in [-0.2, -0.15) is 5.21 Å². The highest BCUT2D eigenvalue weighted by molar-refractivity contribution is 5.87. The van der Waals surface area contributed by atoms with E-state index in [1.165, 1.54) is 71.6 Å². The van der Waals surface area contributed by atoms with E-state index in [-0.39, 0.29) is 23.3 Å². The second-order valence-electron chi connectivity index (χ2n) is 8.86. The maximum Gasteiger partial charge on any atom is 0.174 e. The fraction of sp³-hybridized carbons (Fsp3) is 0.833. The lowest BCUT2D eigenvalue weighted by Crippen LogP contribution is -2.17. The molecule has 176 valence electrons. The normalized spacial score (nSPS) is 12.1. The van der Waals surface area contributed by atoms with Gasteiger partial charge in [0.25, 0.3) is 0 Å². The highest BCUT2D eigenvalue weighted by Gasteiger charge is 2.18. The van der Waals surface area contributed by atoms with Crippen LogP contribution in [0.1, 0.15) is 122 Å². The number of aromatic nitrogens is 4. The van der Waals surface area contributed by atoms with Crippen LogP contribution in [0.2, 0.25) is 0 Å². The number of tetrazole rings is 1. The number of ketones is 3. The molecule has 0 saturated carbocycles. The summed E-state index contributed by atoms with van der Waals surface area (Å²) < 4.78 is 0. The third-order valence-corrected chi connectivity index (χ3v) is 5.89. The molecule has 1 heterocycles. The Bertz CT molecular complexity index is 616. The Morgan fingerprint density at radius 2 is 1.32 bits per heavy atom. The first kappa shape index (κ1) is 27.1. The zero-order valence-corrected chi connectivity index (χ0v) is 19.7. The van der Waals surface area contributed by atoms with E-state index >= 15 is 0 Å². The Kier molecular flexibility index (Phi) is 15.5. The van der Waals surface area contributed by atoms with Crippen LogP contribution in [0, 0.1) is 5.92 Å². The number of nitrogens with zero attached hydrogens (tertiary/aromatic N) is 3. The molecule has 7 heteroatoms. The number of rotatable bonds is 21. The summed E-state index contributed by atoms with van der Waals surface area (Å²) in [6.07, 6.45) is 17.3. The topological polar surface area (TPSA) is 106 Å². The number of hydrogen-bond donors (Lipinski definition) is 1. The van der Waals surface area contributed by atoms with E-state index in [9.17, 15) is 14.4 Å². The molecule has 0 bridgehead atoms. The Labute approximate surface area is 187 Å². The van der Waals surface area contributed by atoms with E-state index in [0.717, 1.165) is 31.5 Å². The van der Waals surface area contributed by atoms with Gasteiger partial charge in [0.1, 0.15) is 17.3 Å². The Morgan fingerprint density at radius 1 is 0.774 bits per heavy atom. The molecule has 0 aliphatic rings. The Hall–Kier alpha value is -1.92. The summed E-state index contributed by atoms with van der Waals surface area (Å²) in [6.45, 7) is 3.05. The van der Waals surface area contributed by atoms with Crippen LogP contribution in [-0.4, -0.2) is 38.0 Å². The smallest absolute Gasteiger partial charge is 0.174 e. The molecule has 1 rings (SSSR count). The van der Waals surface area contributed by atoms with Gasteiger partial charge in [0.2, 0.25) is 0 Å². The average Bonchev–Trinajstić information content (AvgIpc) is 3.24. The summed E-state index contributed by atoms with van der Waals surface area (Å²) in [5, 5.41) is 14.0. The summed E-state index contributed by atoms with van der Waals surface area (Å²) >= 11 is 0. The molecular formula is C24H42N4O3. The number of hydrogen-bond acceptors (Lipinski definition) is 6. The summed E-state index contributed by atoms with van der Waals surface area (Å²) in [7, 11) is 0. The number of Topliss-reactive ketones (excluding diaryl/α,β-unsaturated/α-hetero) is 3. The second-order valence-corrected chi connectivity index (χ2v) is 8.86. The van der Waals surface area contributed by atoms with Gasteiger partial charge in [0.05, 0.1) is 0 Å². The van der Waals surface area contributed by atoms with Crippen molar-refractivity contribution in [3.63, 3.8) is 0 Å². The lowest BCUT2D eigenvalue weighted by molar-refractivity contribution is -0.127. The number of carbonyl (C=O) groups is 3. The van der Waals surface area contributed by atoms with Crippen LogP contribution in [0.15, 0.2) is 0 Å². The minimum absolute atomic E-state index is 0.0263. The molecule has 0 unspecified atom stereocenters. The molecule has 0 radical (unpaired) electrons. The molecule has 1 aromatic rings. The lowest BCUT2D eigenvalue weighted by atomic mass is 9.91. The molecule has 1 aromatic heterocycles. The fourth-order valence-corrected chi connectivity index (χ4v) is 3.86. The minimum Gasteiger partial charge on any atom is -0.300 e. The molecule has 0 saturated heterocycles. The molecule has 31 heavy (non-hydrogen) atoms. The van der Waals surface area contributed by atoms with E-state index in [0.29, 0.717) is 25.7 Å². The zero-order valence-electron chi connectivity index (χ0n) is 19.7. The van der Waals surface area contributed by atoms with Crippen LogP contribution in [-0.2, 0) is 20.8 Å². The van der Waals surface area contributed by atoms with Crippen LogP contribution in [0.5, 0.6) is 0 Å². The monoisotopic (exact) mass is 434 g/mol. The highest BCUT2D eigenvalue weighted by atomic mass is 16.1. The maximum atomic E-state index is 12.1. The van der Waals surface area contributed by atoms with Crippen molar-refractivity contribution in [2.45, 2.75) is 123 Å². The molecule has 7 nitrogen and oxygen atoms in total. The van der Waals surface area contributed by atoms with Crippen LogP contribution in [0.4, 0.5) is 0 Å². The number of aromatic amines is 1. The number of carbonyl (C=O) groups excluding carboxylic acids is 3. The first-order valence-electron chi connectivity index (χ1n) is 12.2. The summed E-state index contributed by atoms with van der Waals surface area (Å²) in [6, 6.07) is 0. The Morgan fingerprint density at radius 3 is 1.81 bits per heavy atom. The van der Waals surface area contributed by atoms with Gasteiger partial charge in [-0.1, -0.05) is 69.4 Å². The average molecular weight is 435 g/mol. The fourth-order valence-electron chi connectivity index (χ4n) is 3.86. The van der Waals surface area contributed by atoms with E-state index in [2.05, 4.69) is 20.6 Å². The van der Waals surface area contributed by atoms with Gasteiger partial charge < -0.3 is 4.79 Å². The van der Waals surface area contributed by atoms with Gasteiger partial charge in [0, 0.05) is 31.6 Å². The molecule has 1 N–H and O–H groups in total. The predicted octanol–water partition coefficient (Wildman–Crippen LogP) is 5.35. The van der Waals surface area contributed by atoms with Crippen molar-refractivity contribution in [3.8, 4) is 0 Å². The van der Waals surface area contributed by atoms with Crippen molar-refractivity contribution in [2.75, 3.05) is 0 Å². The van der Waals surface area contributed by atoms with E-state index in [1.807, 2.05) is 0 Å². The molecule has 0 aliphatic carbocycles. The Balaban J connectivity index is 1.86. The standard InChI is InChI=1S/C24H42N4O3/c1-20(29)17-18-22(21(2)30)19-23(31)15-13-11-9-7-5-3-4-6-8-10-12-14-16-24-25-27-28-26-24/h22H,3-19H2,1-2H3,(H,25,26,27,28)/t22-/m1/s1. The summed E-state index contributed by atoms with van der Waals surface area (Å²) in [5.41, 5.74) is 0. The molecule has 0 aliphatic heterocycles. The van der Waals surface area contributed by atoms with Crippen LogP contribution in [0.25, 0.3) is 0 Å². The van der Waals surface area contributed by atoms with Gasteiger partial charge in [-0.15, -0.1) is 10.2 Å². The minimum atomic E-state index is -0.276. The molecule has 1 atom stereocenters. The zero-order chi connectivity index (χ0) is 22.7. The number of nitrogens with one attached hydrogen (secondary N) is 1. The van der Waals surface area contributed by atoms with Crippen molar-refractivity contribution in [2.24, 2.45) is 5.92 Å². The lowest BCUT2D eigenvalue weighted by Gasteiger charge is -2.12. The molecule has 0 fully saturated rings. The molecular weight excluding hydrogens is 392 g/mol. The van der Waals surface area contributed by atoms with Crippen molar-refractivity contribution in [3.05, 3.63) is 5.82 Å². The van der Waals surface area contributed by atoms with Crippen molar-refractivity contribution >= 4 is 17.3 Å². The van der Waals surface area contributed by atoms with Crippen LogP contribution >= 0.6 is 0 Å². The molecule has 0 aromatic carbocycles. The number of H-pyrrole nitrogens is 1. The van der Waals surface area contributed by atoms with Crippen LogP contribution < -0.4 is 0 Å². The maximum absolute atomic E-state index is 12.1. The first-order chi connectivity index (χ1) is 15.0. The van der Waals surface area contributed by atoms with Gasteiger partial charge in [-0.05, 0) is 33.1 Å². The second kappa shape index (κ2) is 17.7. The molecule has 0 amide bonds. The van der Waals surface area contributed by atoms with Crippen molar-refractivity contribution < 1.29 is 14.4 Å². The van der Waals surface area contributed by atoms with Gasteiger partial charge in [-0.3, -0.25) is 9.59 Å². The quantitative estimate of drug-likeness (QED) is 0.262. The van der Waals surface area contributed by atoms with Gasteiger partial charge >= 0.3 is 0 Å². The van der Waals surface area contributed by atoms with E-state index in [4.69, 9.17) is 0 Å². The third-order valence-electron chi connectivity index (χ3n) is 5.89. The predicted molar refractivity (Wildman–Crippen MR) is 122 cm³/mol. The molecule has 0 spiro atoms. The number of aryl methyl sites for hydroxylation is 1. The van der Waals surface area contributed by atoms with Crippen LogP contribution in [0.3, 0.4) is 0 Å². The van der Waals surface area contributed by atoms with E-state index < -0.39 is 0 Å². The van der Waals surface area contributed by atoms with E-state index in [1.54, 1.807) is 0 Å². The first-order valence-corrected chi connectivity index (χ1v) is 12.2. The summed E-state index contributed by atoms with van der Waals surface area (Å²) in [5.74, 6) is 0.811. The van der Waals surface area contributed by atoms with Gasteiger partial charge in [0.15, 0.2) is 5.82 Å². The largest absolute Gasteiger partial charge is 0.300 e. The third kappa shape index (κ3) is 15.5. The SMILES string of the molecule is CC(=O)CC[C@H](CC(=O)CCCCCCCCCCCCCCc1nn[nH]n1)C(C)=O.